The van der Waals surface area contributed by atoms with E-state index in [4.69, 9.17) is 39.5 Å². The highest BCUT2D eigenvalue weighted by Gasteiger charge is 2.47. The molecule has 1 amide bonds. The van der Waals surface area contributed by atoms with E-state index in [1.54, 1.807) is 12.1 Å². The zero-order chi connectivity index (χ0) is 23.9. The number of methoxy groups -OCH3 is 1. The lowest BCUT2D eigenvalue weighted by Gasteiger charge is -2.26. The summed E-state index contributed by atoms with van der Waals surface area (Å²) in [7, 11) is 1.42. The maximum absolute atomic E-state index is 13.2. The zero-order valence-corrected chi connectivity index (χ0v) is 19.3. The molecule has 0 spiro atoms. The van der Waals surface area contributed by atoms with E-state index in [2.05, 4.69) is 0 Å². The van der Waals surface area contributed by atoms with Gasteiger partial charge in [0.25, 0.3) is 11.7 Å². The molecule has 1 saturated heterocycles. The van der Waals surface area contributed by atoms with E-state index in [-0.39, 0.29) is 38.4 Å². The van der Waals surface area contributed by atoms with Crippen molar-refractivity contribution in [3.8, 4) is 11.5 Å². The van der Waals surface area contributed by atoms with Crippen molar-refractivity contribution in [2.24, 2.45) is 0 Å². The fourth-order valence-corrected chi connectivity index (χ4v) is 4.46. The van der Waals surface area contributed by atoms with Crippen molar-refractivity contribution in [2.45, 2.75) is 6.04 Å². The number of amides is 1. The summed E-state index contributed by atoms with van der Waals surface area (Å²) in [4.78, 5) is 27.5. The summed E-state index contributed by atoms with van der Waals surface area (Å²) in [6.07, 6.45) is 0. The van der Waals surface area contributed by atoms with E-state index >= 15 is 0 Å². The number of benzene rings is 3. The molecule has 1 heterocycles. The molecule has 3 aromatic rings. The standard InChI is InChI=1S/C24H16Cl3NO5/c1-33-19-8-13(5-6-18(19)27)22(30)20-21(12-3-2-4-17(29)7-12)28(24(32)23(20)31)16-10-14(25)9-15(26)11-16/h2-11,21,29-30H,1H3/b22-20+. The summed E-state index contributed by atoms with van der Waals surface area (Å²) < 4.78 is 5.20. The van der Waals surface area contributed by atoms with Crippen LogP contribution in [0.2, 0.25) is 15.1 Å². The SMILES string of the molecule is COc1cc(/C(O)=C2\C(=O)C(=O)N(c3cc(Cl)cc(Cl)c3)C2c2cccc(O)c2)ccc1Cl. The zero-order valence-electron chi connectivity index (χ0n) is 17.1. The molecule has 2 N–H and O–H groups in total. The van der Waals surface area contributed by atoms with Crippen LogP contribution in [0.25, 0.3) is 5.76 Å². The monoisotopic (exact) mass is 503 g/mol. The molecule has 9 heteroatoms. The number of hydrogen-bond acceptors (Lipinski definition) is 5. The number of rotatable bonds is 4. The fraction of sp³-hybridized carbons (Fsp3) is 0.0833. The Balaban J connectivity index is 1.98. The van der Waals surface area contributed by atoms with Crippen molar-refractivity contribution in [1.29, 1.82) is 0 Å². The lowest BCUT2D eigenvalue weighted by atomic mass is 9.95. The maximum atomic E-state index is 13.2. The number of nitrogens with zero attached hydrogens (tertiary/aromatic N) is 1. The normalized spacial score (nSPS) is 17.5. The molecule has 1 aliphatic rings. The molecular weight excluding hydrogens is 489 g/mol. The summed E-state index contributed by atoms with van der Waals surface area (Å²) in [5.41, 5.74) is 0.707. The van der Waals surface area contributed by atoms with Gasteiger partial charge in [-0.3, -0.25) is 14.5 Å². The Morgan fingerprint density at radius 3 is 2.30 bits per heavy atom. The lowest BCUT2D eigenvalue weighted by molar-refractivity contribution is -0.132. The average molecular weight is 505 g/mol. The van der Waals surface area contributed by atoms with Gasteiger partial charge in [0.2, 0.25) is 0 Å². The second kappa shape index (κ2) is 8.98. The first-order chi connectivity index (χ1) is 15.7. The van der Waals surface area contributed by atoms with Gasteiger partial charge in [-0.25, -0.2) is 0 Å². The number of aliphatic hydroxyl groups is 1. The highest BCUT2D eigenvalue weighted by atomic mass is 35.5. The maximum Gasteiger partial charge on any atom is 0.300 e. The number of phenolic OH excluding ortho intramolecular Hbond substituents is 1. The number of aromatic hydroxyl groups is 1. The van der Waals surface area contributed by atoms with Crippen LogP contribution in [0.3, 0.4) is 0 Å². The van der Waals surface area contributed by atoms with Gasteiger partial charge in [-0.15, -0.1) is 0 Å². The first-order valence-electron chi connectivity index (χ1n) is 9.61. The molecule has 0 aliphatic carbocycles. The lowest BCUT2D eigenvalue weighted by Crippen LogP contribution is -2.29. The van der Waals surface area contributed by atoms with E-state index in [1.807, 2.05) is 0 Å². The average Bonchev–Trinajstić information content (AvgIpc) is 3.03. The van der Waals surface area contributed by atoms with Gasteiger partial charge in [-0.1, -0.05) is 46.9 Å². The van der Waals surface area contributed by atoms with Crippen LogP contribution >= 0.6 is 34.8 Å². The van der Waals surface area contributed by atoms with E-state index < -0.39 is 23.5 Å². The van der Waals surface area contributed by atoms with Crippen molar-refractivity contribution < 1.29 is 24.5 Å². The molecule has 0 radical (unpaired) electrons. The summed E-state index contributed by atoms with van der Waals surface area (Å²) in [6.45, 7) is 0. The van der Waals surface area contributed by atoms with Crippen LogP contribution in [0.4, 0.5) is 5.69 Å². The number of ketones is 1. The summed E-state index contributed by atoms with van der Waals surface area (Å²) in [5, 5.41) is 22.0. The summed E-state index contributed by atoms with van der Waals surface area (Å²) in [5.74, 6) is -2.01. The van der Waals surface area contributed by atoms with Crippen LogP contribution in [0.5, 0.6) is 11.5 Å². The van der Waals surface area contributed by atoms with Gasteiger partial charge in [0, 0.05) is 21.3 Å². The molecule has 1 fully saturated rings. The van der Waals surface area contributed by atoms with E-state index in [1.165, 1.54) is 60.5 Å². The third-order valence-corrected chi connectivity index (χ3v) is 5.93. The number of halogens is 3. The number of phenols is 1. The van der Waals surface area contributed by atoms with Crippen molar-refractivity contribution >= 4 is 57.9 Å². The van der Waals surface area contributed by atoms with Crippen LogP contribution in [0, 0.1) is 0 Å². The van der Waals surface area contributed by atoms with E-state index in [9.17, 15) is 19.8 Å². The minimum Gasteiger partial charge on any atom is -0.508 e. The number of hydrogen-bond donors (Lipinski definition) is 2. The first-order valence-corrected chi connectivity index (χ1v) is 10.7. The van der Waals surface area contributed by atoms with Gasteiger partial charge in [0.1, 0.15) is 17.3 Å². The Kier molecular flexibility index (Phi) is 6.26. The van der Waals surface area contributed by atoms with Gasteiger partial charge in [-0.2, -0.15) is 0 Å². The molecule has 0 bridgehead atoms. The number of ether oxygens (including phenoxy) is 1. The molecule has 168 valence electrons. The van der Waals surface area contributed by atoms with Crippen LogP contribution in [-0.2, 0) is 9.59 Å². The van der Waals surface area contributed by atoms with Gasteiger partial charge in [0.15, 0.2) is 0 Å². The van der Waals surface area contributed by atoms with Gasteiger partial charge in [-0.05, 0) is 54.1 Å². The van der Waals surface area contributed by atoms with Crippen molar-refractivity contribution in [3.05, 3.63) is 92.4 Å². The minimum atomic E-state index is -1.06. The molecule has 3 aromatic carbocycles. The van der Waals surface area contributed by atoms with Crippen LogP contribution in [-0.4, -0.2) is 29.0 Å². The van der Waals surface area contributed by atoms with Crippen LogP contribution in [0.15, 0.2) is 66.2 Å². The molecule has 6 nitrogen and oxygen atoms in total. The number of aliphatic hydroxyl groups excluding tert-OH is 1. The number of Topliss-reactive ketones (excluding diaryl/α,β-unsaturated/α-hetero) is 1. The molecular formula is C24H16Cl3NO5. The third kappa shape index (κ3) is 4.25. The molecule has 1 unspecified atom stereocenters. The minimum absolute atomic E-state index is 0.0737. The predicted molar refractivity (Wildman–Crippen MR) is 127 cm³/mol. The predicted octanol–water partition coefficient (Wildman–Crippen LogP) is 5.99. The molecule has 0 aromatic heterocycles. The molecule has 0 saturated carbocycles. The molecule has 4 rings (SSSR count). The van der Waals surface area contributed by atoms with Gasteiger partial charge < -0.3 is 14.9 Å². The van der Waals surface area contributed by atoms with Crippen molar-refractivity contribution in [1.82, 2.24) is 0 Å². The second-order valence-corrected chi connectivity index (χ2v) is 8.52. The summed E-state index contributed by atoms with van der Waals surface area (Å²) >= 11 is 18.4. The highest BCUT2D eigenvalue weighted by molar-refractivity contribution is 6.52. The summed E-state index contributed by atoms with van der Waals surface area (Å²) in [6, 6.07) is 13.9. The van der Waals surface area contributed by atoms with Gasteiger partial charge >= 0.3 is 0 Å². The molecule has 1 aliphatic heterocycles. The fourth-order valence-electron chi connectivity index (χ4n) is 3.75. The smallest absolute Gasteiger partial charge is 0.300 e. The Bertz CT molecular complexity index is 1300. The van der Waals surface area contributed by atoms with Crippen molar-refractivity contribution in [3.63, 3.8) is 0 Å². The highest BCUT2D eigenvalue weighted by Crippen LogP contribution is 2.44. The number of anilines is 1. The Morgan fingerprint density at radius 2 is 1.67 bits per heavy atom. The van der Waals surface area contributed by atoms with E-state index in [0.717, 1.165) is 0 Å². The Labute approximate surface area is 204 Å². The first kappa shape index (κ1) is 23.0. The Morgan fingerprint density at radius 1 is 0.970 bits per heavy atom. The molecule has 33 heavy (non-hydrogen) atoms. The van der Waals surface area contributed by atoms with Crippen molar-refractivity contribution in [2.75, 3.05) is 12.0 Å². The largest absolute Gasteiger partial charge is 0.508 e. The third-order valence-electron chi connectivity index (χ3n) is 5.18. The molecule has 1 atom stereocenters. The number of carbonyl (C=O) groups excluding carboxylic acids is 2. The van der Waals surface area contributed by atoms with E-state index in [0.29, 0.717) is 10.6 Å². The number of carbonyl (C=O) groups is 2. The quantitative estimate of drug-likeness (QED) is 0.259. The topological polar surface area (TPSA) is 87.1 Å². The van der Waals surface area contributed by atoms with Crippen LogP contribution < -0.4 is 9.64 Å². The Hall–Kier alpha value is -3.19. The second-order valence-electron chi connectivity index (χ2n) is 7.24. The van der Waals surface area contributed by atoms with Crippen LogP contribution in [0.1, 0.15) is 17.2 Å². The van der Waals surface area contributed by atoms with Gasteiger partial charge in [0.05, 0.1) is 23.7 Å².